The predicted octanol–water partition coefficient (Wildman–Crippen LogP) is 3.91. The minimum absolute atomic E-state index is 0.328. The maximum atomic E-state index is 13.7. The second kappa shape index (κ2) is 6.22. The van der Waals surface area contributed by atoms with Crippen molar-refractivity contribution >= 4 is 22.5 Å². The molecule has 160 valence electrons. The van der Waals surface area contributed by atoms with Gasteiger partial charge in [-0.15, -0.1) is 0 Å². The van der Waals surface area contributed by atoms with Crippen LogP contribution in [0.1, 0.15) is 55.7 Å². The first kappa shape index (κ1) is 18.0. The van der Waals surface area contributed by atoms with Gasteiger partial charge in [0.25, 0.3) is 0 Å². The van der Waals surface area contributed by atoms with Crippen LogP contribution in [0, 0.1) is 0 Å². The van der Waals surface area contributed by atoms with E-state index < -0.39 is 0 Å². The zero-order chi connectivity index (χ0) is 20.7. The number of rotatable bonds is 2. The van der Waals surface area contributed by atoms with Crippen LogP contribution in [-0.2, 0) is 23.1 Å². The van der Waals surface area contributed by atoms with Gasteiger partial charge in [-0.1, -0.05) is 0 Å². The number of aromatic nitrogens is 3. The first-order chi connectivity index (χ1) is 15.2. The van der Waals surface area contributed by atoms with Crippen LogP contribution < -0.4 is 4.90 Å². The van der Waals surface area contributed by atoms with Gasteiger partial charge in [0, 0.05) is 35.4 Å². The molecule has 1 saturated carbocycles. The molecule has 1 saturated heterocycles. The van der Waals surface area contributed by atoms with Crippen molar-refractivity contribution in [2.24, 2.45) is 0 Å². The van der Waals surface area contributed by atoms with Crippen LogP contribution in [0.2, 0.25) is 0 Å². The fourth-order valence-corrected chi connectivity index (χ4v) is 6.52. The maximum Gasteiger partial charge on any atom is 0.237 e. The van der Waals surface area contributed by atoms with Crippen molar-refractivity contribution < 1.29 is 4.79 Å². The number of likely N-dealkylation sites (N-methyl/N-ethyl adjacent to an activating group) is 1. The number of hydrogen-bond donors (Lipinski definition) is 2. The molecule has 31 heavy (non-hydrogen) atoms. The van der Waals surface area contributed by atoms with E-state index in [1.807, 2.05) is 6.20 Å². The second-order valence-electron chi connectivity index (χ2n) is 9.90. The van der Waals surface area contributed by atoms with E-state index in [2.05, 4.69) is 44.0 Å². The number of piperidine rings is 1. The highest BCUT2D eigenvalue weighted by atomic mass is 16.2. The predicted molar refractivity (Wildman–Crippen MR) is 121 cm³/mol. The number of carbonyl (C=O) groups is 1. The molecule has 2 aliphatic carbocycles. The molecule has 2 N–H and O–H groups in total. The summed E-state index contributed by atoms with van der Waals surface area (Å²) >= 11 is 0. The number of carbonyl (C=O) groups excluding carboxylic acids is 1. The third kappa shape index (κ3) is 2.37. The highest BCUT2D eigenvalue weighted by Crippen LogP contribution is 2.51. The molecule has 2 fully saturated rings. The maximum absolute atomic E-state index is 13.7. The Labute approximate surface area is 182 Å². The number of anilines is 1. The quantitative estimate of drug-likeness (QED) is 0.667. The van der Waals surface area contributed by atoms with Crippen LogP contribution >= 0.6 is 0 Å². The summed E-state index contributed by atoms with van der Waals surface area (Å²) in [5, 5.41) is 8.89. The summed E-state index contributed by atoms with van der Waals surface area (Å²) in [6, 6.07) is 5.40. The van der Waals surface area contributed by atoms with E-state index in [4.69, 9.17) is 0 Å². The van der Waals surface area contributed by atoms with Gasteiger partial charge in [0.1, 0.15) is 5.69 Å². The molecule has 1 aromatic carbocycles. The molecule has 0 bridgehead atoms. The smallest absolute Gasteiger partial charge is 0.237 e. The molecular weight excluding hydrogens is 386 g/mol. The van der Waals surface area contributed by atoms with E-state index >= 15 is 0 Å². The lowest BCUT2D eigenvalue weighted by atomic mass is 9.73. The molecular formula is C25H29N5O. The molecule has 7 rings (SSSR count). The monoisotopic (exact) mass is 415 g/mol. The summed E-state index contributed by atoms with van der Waals surface area (Å²) in [7, 11) is 0. The molecule has 1 amide bonds. The zero-order valence-corrected chi connectivity index (χ0v) is 18.1. The summed E-state index contributed by atoms with van der Waals surface area (Å²) in [6.07, 6.45) is 9.83. The van der Waals surface area contributed by atoms with Gasteiger partial charge >= 0.3 is 0 Å². The number of hydrogen-bond acceptors (Lipinski definition) is 3. The molecule has 0 radical (unpaired) electrons. The van der Waals surface area contributed by atoms with Crippen molar-refractivity contribution in [1.82, 2.24) is 20.1 Å². The molecule has 1 spiro atoms. The van der Waals surface area contributed by atoms with E-state index in [0.717, 1.165) is 74.7 Å². The van der Waals surface area contributed by atoms with E-state index in [1.54, 1.807) is 0 Å². The van der Waals surface area contributed by atoms with Crippen LogP contribution in [0.4, 0.5) is 5.69 Å². The molecule has 2 aromatic heterocycles. The Balaban J connectivity index is 1.39. The van der Waals surface area contributed by atoms with Gasteiger partial charge in [-0.25, -0.2) is 0 Å². The van der Waals surface area contributed by atoms with Gasteiger partial charge < -0.3 is 14.8 Å². The van der Waals surface area contributed by atoms with E-state index in [9.17, 15) is 4.79 Å². The van der Waals surface area contributed by atoms with Crippen molar-refractivity contribution in [2.45, 2.75) is 63.3 Å². The zero-order valence-electron chi connectivity index (χ0n) is 18.1. The molecule has 0 atom stereocenters. The van der Waals surface area contributed by atoms with Crippen LogP contribution in [0.15, 0.2) is 18.3 Å². The van der Waals surface area contributed by atoms with E-state index in [1.165, 1.54) is 40.6 Å². The average molecular weight is 416 g/mol. The van der Waals surface area contributed by atoms with Crippen molar-refractivity contribution in [1.29, 1.82) is 0 Å². The number of amides is 1. The van der Waals surface area contributed by atoms with Crippen LogP contribution in [0.5, 0.6) is 0 Å². The molecule has 3 aromatic rings. The van der Waals surface area contributed by atoms with Crippen LogP contribution in [0.3, 0.4) is 0 Å². The summed E-state index contributed by atoms with van der Waals surface area (Å²) in [5.41, 5.74) is 8.11. The first-order valence-electron chi connectivity index (χ1n) is 12.0. The lowest BCUT2D eigenvalue weighted by Crippen LogP contribution is -2.49. The molecule has 6 nitrogen and oxygen atoms in total. The summed E-state index contributed by atoms with van der Waals surface area (Å²) in [4.78, 5) is 22.1. The van der Waals surface area contributed by atoms with Gasteiger partial charge in [-0.3, -0.25) is 9.89 Å². The fraction of sp³-hybridized carbons (Fsp3) is 0.520. The van der Waals surface area contributed by atoms with Crippen molar-refractivity contribution in [2.75, 3.05) is 24.5 Å². The Hall–Kier alpha value is -2.60. The number of nitrogens with zero attached hydrogens (tertiary/aromatic N) is 3. The van der Waals surface area contributed by atoms with E-state index in [0.29, 0.717) is 5.91 Å². The van der Waals surface area contributed by atoms with Crippen LogP contribution in [-0.4, -0.2) is 51.7 Å². The third-order valence-corrected chi connectivity index (χ3v) is 8.34. The van der Waals surface area contributed by atoms with Gasteiger partial charge in [0.05, 0.1) is 11.1 Å². The van der Waals surface area contributed by atoms with Gasteiger partial charge in [0.15, 0.2) is 0 Å². The number of benzene rings is 1. The minimum atomic E-state index is -0.342. The second-order valence-corrected chi connectivity index (χ2v) is 9.90. The standard InChI is InChI=1S/C25H29N5O/c1-2-30-21-12-18-17-5-3-4-15-14-26-28-22(15)23(17)27-20(18)13-19(21)25(24(30)31)8-10-29(11-9-25)16-6-7-16/h12-14,16,27H,2-11H2,1H3,(H,26,28). The van der Waals surface area contributed by atoms with Gasteiger partial charge in [0.2, 0.25) is 5.91 Å². The van der Waals surface area contributed by atoms with Crippen LogP contribution in [0.25, 0.3) is 22.3 Å². The number of likely N-dealkylation sites (tertiary alicyclic amines) is 1. The Kier molecular flexibility index (Phi) is 3.62. The number of H-pyrrole nitrogens is 2. The number of aromatic amines is 2. The first-order valence-corrected chi connectivity index (χ1v) is 12.0. The number of fused-ring (bicyclic) bond motifs is 7. The third-order valence-electron chi connectivity index (χ3n) is 8.34. The summed E-state index contributed by atoms with van der Waals surface area (Å²) < 4.78 is 0. The molecule has 4 aliphatic rings. The highest BCUT2D eigenvalue weighted by Gasteiger charge is 2.52. The largest absolute Gasteiger partial charge is 0.353 e. The molecule has 0 unspecified atom stereocenters. The van der Waals surface area contributed by atoms with Crippen molar-refractivity contribution in [3.05, 3.63) is 35.0 Å². The SMILES string of the molecule is CCN1C(=O)C2(CCN(C3CC3)CC2)c2cc3[nH]c4c(c3cc21)CCCc1c[nH]nc1-4. The van der Waals surface area contributed by atoms with Gasteiger partial charge in [-0.05, 0) is 93.8 Å². The Morgan fingerprint density at radius 3 is 2.81 bits per heavy atom. The Morgan fingerprint density at radius 2 is 2.03 bits per heavy atom. The Bertz CT molecular complexity index is 1210. The number of aryl methyl sites for hydroxylation is 2. The lowest BCUT2D eigenvalue weighted by Gasteiger charge is -2.38. The van der Waals surface area contributed by atoms with Gasteiger partial charge in [-0.2, -0.15) is 5.10 Å². The number of nitrogens with one attached hydrogen (secondary N) is 2. The fourth-order valence-electron chi connectivity index (χ4n) is 6.52. The summed E-state index contributed by atoms with van der Waals surface area (Å²) in [5.74, 6) is 0.328. The molecule has 4 heterocycles. The summed E-state index contributed by atoms with van der Waals surface area (Å²) in [6.45, 7) is 4.94. The highest BCUT2D eigenvalue weighted by molar-refractivity contribution is 6.11. The van der Waals surface area contributed by atoms with Crippen molar-refractivity contribution in [3.63, 3.8) is 0 Å². The van der Waals surface area contributed by atoms with Crippen molar-refractivity contribution in [3.8, 4) is 11.4 Å². The molecule has 2 aliphatic heterocycles. The lowest BCUT2D eigenvalue weighted by molar-refractivity contribution is -0.124. The average Bonchev–Trinajstić information content (AvgIpc) is 3.43. The normalized spacial score (nSPS) is 22.6. The Morgan fingerprint density at radius 1 is 1.19 bits per heavy atom. The minimum Gasteiger partial charge on any atom is -0.353 e. The topological polar surface area (TPSA) is 68.0 Å². The van der Waals surface area contributed by atoms with E-state index in [-0.39, 0.29) is 5.41 Å². The molecule has 6 heteroatoms.